The first-order valence-corrected chi connectivity index (χ1v) is 7.43. The van der Waals surface area contributed by atoms with Crippen LogP contribution in [0.3, 0.4) is 0 Å². The number of rotatable bonds is 6. The molecule has 1 saturated heterocycles. The quantitative estimate of drug-likeness (QED) is 0.803. The van der Waals surface area contributed by atoms with Crippen LogP contribution in [0.4, 0.5) is 4.39 Å². The number of nitrogens with two attached hydrogens (primary N) is 1. The van der Waals surface area contributed by atoms with Crippen molar-refractivity contribution in [1.29, 1.82) is 0 Å². The Labute approximate surface area is 141 Å². The summed E-state index contributed by atoms with van der Waals surface area (Å²) in [6, 6.07) is 4.15. The zero-order chi connectivity index (χ0) is 16.1. The van der Waals surface area contributed by atoms with Gasteiger partial charge in [0.1, 0.15) is 0 Å². The highest BCUT2D eigenvalue weighted by Crippen LogP contribution is 2.20. The van der Waals surface area contributed by atoms with E-state index in [-0.39, 0.29) is 54.3 Å². The zero-order valence-electron chi connectivity index (χ0n) is 13.1. The predicted octanol–water partition coefficient (Wildman–Crippen LogP) is 2.17. The van der Waals surface area contributed by atoms with E-state index in [4.69, 9.17) is 10.5 Å². The molecule has 7 heteroatoms. The van der Waals surface area contributed by atoms with Crippen LogP contribution >= 0.6 is 12.4 Å². The van der Waals surface area contributed by atoms with Gasteiger partial charge in [-0.2, -0.15) is 0 Å². The van der Waals surface area contributed by atoms with Crippen molar-refractivity contribution in [2.75, 3.05) is 20.2 Å². The first-order valence-electron chi connectivity index (χ1n) is 7.43. The van der Waals surface area contributed by atoms with E-state index in [2.05, 4.69) is 0 Å². The molecule has 5 nitrogen and oxygen atoms in total. The van der Waals surface area contributed by atoms with Crippen molar-refractivity contribution in [3.63, 3.8) is 0 Å². The van der Waals surface area contributed by atoms with Crippen LogP contribution in [-0.4, -0.2) is 42.8 Å². The maximum absolute atomic E-state index is 13.6. The highest BCUT2D eigenvalue weighted by Gasteiger charge is 2.27. The fourth-order valence-corrected chi connectivity index (χ4v) is 2.76. The third kappa shape index (κ3) is 4.65. The number of Topliss-reactive ketones (excluding diaryl/α,β-unsaturated/α-hetero) is 1. The molecule has 0 radical (unpaired) electrons. The van der Waals surface area contributed by atoms with E-state index >= 15 is 0 Å². The molecule has 128 valence electrons. The number of benzene rings is 1. The maximum Gasteiger partial charge on any atom is 0.223 e. The molecule has 1 fully saturated rings. The summed E-state index contributed by atoms with van der Waals surface area (Å²) in [5.41, 5.74) is 5.89. The van der Waals surface area contributed by atoms with Gasteiger partial charge in [-0.1, -0.05) is 0 Å². The Morgan fingerprint density at radius 2 is 2.13 bits per heavy atom. The average Bonchev–Trinajstić information content (AvgIpc) is 3.00. The molecule has 0 saturated carbocycles. The number of methoxy groups -OCH3 is 1. The van der Waals surface area contributed by atoms with E-state index in [1.54, 1.807) is 4.90 Å². The minimum absolute atomic E-state index is 0. The Morgan fingerprint density at radius 3 is 2.74 bits per heavy atom. The summed E-state index contributed by atoms with van der Waals surface area (Å²) >= 11 is 0. The number of ether oxygens (including phenoxy) is 1. The predicted molar refractivity (Wildman–Crippen MR) is 87.6 cm³/mol. The second kappa shape index (κ2) is 8.84. The average molecular weight is 345 g/mol. The van der Waals surface area contributed by atoms with Crippen LogP contribution < -0.4 is 10.5 Å². The fraction of sp³-hybridized carbons (Fsp3) is 0.500. The lowest BCUT2D eigenvalue weighted by Crippen LogP contribution is -2.39. The summed E-state index contributed by atoms with van der Waals surface area (Å²) in [7, 11) is 1.36. The molecule has 0 bridgehead atoms. The highest BCUT2D eigenvalue weighted by atomic mass is 35.5. The van der Waals surface area contributed by atoms with Crippen molar-refractivity contribution in [2.45, 2.75) is 31.7 Å². The second-order valence-electron chi connectivity index (χ2n) is 5.39. The third-order valence-electron chi connectivity index (χ3n) is 4.01. The van der Waals surface area contributed by atoms with E-state index in [0.29, 0.717) is 13.1 Å². The summed E-state index contributed by atoms with van der Waals surface area (Å²) in [4.78, 5) is 26.0. The summed E-state index contributed by atoms with van der Waals surface area (Å²) < 4.78 is 18.4. The van der Waals surface area contributed by atoms with Crippen LogP contribution in [0, 0.1) is 5.82 Å². The molecule has 0 spiro atoms. The van der Waals surface area contributed by atoms with Crippen LogP contribution in [0.5, 0.6) is 5.75 Å². The number of ketones is 1. The maximum atomic E-state index is 13.6. The minimum atomic E-state index is -0.581. The number of halogens is 2. The van der Waals surface area contributed by atoms with Gasteiger partial charge in [0, 0.05) is 37.5 Å². The first kappa shape index (κ1) is 19.4. The number of amides is 1. The van der Waals surface area contributed by atoms with Crippen molar-refractivity contribution in [3.8, 4) is 5.75 Å². The van der Waals surface area contributed by atoms with Crippen LogP contribution in [0.25, 0.3) is 0 Å². The van der Waals surface area contributed by atoms with Gasteiger partial charge in [-0.3, -0.25) is 9.59 Å². The SMILES string of the molecule is COc1ccc(C(=O)CCC(=O)N2CCCC2CN)cc1F.Cl. The summed E-state index contributed by atoms with van der Waals surface area (Å²) in [5.74, 6) is -0.799. The number of carbonyl (C=O) groups is 2. The molecular weight excluding hydrogens is 323 g/mol. The van der Waals surface area contributed by atoms with Crippen molar-refractivity contribution in [3.05, 3.63) is 29.6 Å². The van der Waals surface area contributed by atoms with Crippen LogP contribution in [0.2, 0.25) is 0 Å². The molecule has 2 N–H and O–H groups in total. The summed E-state index contributed by atoms with van der Waals surface area (Å²) in [6.07, 6.45) is 2.06. The molecule has 1 atom stereocenters. The molecule has 1 amide bonds. The van der Waals surface area contributed by atoms with Crippen LogP contribution in [0.15, 0.2) is 18.2 Å². The Balaban J connectivity index is 0.00000264. The Hall–Kier alpha value is -1.66. The molecule has 1 aromatic rings. The van der Waals surface area contributed by atoms with Crippen LogP contribution in [0.1, 0.15) is 36.0 Å². The van der Waals surface area contributed by atoms with Gasteiger partial charge in [0.25, 0.3) is 0 Å². The number of nitrogens with zero attached hydrogens (tertiary/aromatic N) is 1. The van der Waals surface area contributed by atoms with Gasteiger partial charge in [0.15, 0.2) is 17.3 Å². The van der Waals surface area contributed by atoms with Gasteiger partial charge >= 0.3 is 0 Å². The van der Waals surface area contributed by atoms with E-state index in [1.807, 2.05) is 0 Å². The molecule has 1 aromatic carbocycles. The number of likely N-dealkylation sites (tertiary alicyclic amines) is 1. The second-order valence-corrected chi connectivity index (χ2v) is 5.39. The monoisotopic (exact) mass is 344 g/mol. The smallest absolute Gasteiger partial charge is 0.223 e. The third-order valence-corrected chi connectivity index (χ3v) is 4.01. The zero-order valence-corrected chi connectivity index (χ0v) is 13.9. The first-order chi connectivity index (χ1) is 10.6. The number of hydrogen-bond donors (Lipinski definition) is 1. The summed E-state index contributed by atoms with van der Waals surface area (Å²) in [5, 5.41) is 0. The van der Waals surface area contributed by atoms with Crippen molar-refractivity contribution >= 4 is 24.1 Å². The number of carbonyl (C=O) groups excluding carboxylic acids is 2. The van der Waals surface area contributed by atoms with Gasteiger partial charge < -0.3 is 15.4 Å². The summed E-state index contributed by atoms with van der Waals surface area (Å²) in [6.45, 7) is 1.15. The topological polar surface area (TPSA) is 72.6 Å². The molecule has 1 aliphatic heterocycles. The molecule has 2 rings (SSSR count). The number of hydrogen-bond acceptors (Lipinski definition) is 4. The Bertz CT molecular complexity index is 568. The van der Waals surface area contributed by atoms with Gasteiger partial charge in [-0.15, -0.1) is 12.4 Å². The molecule has 1 heterocycles. The molecular formula is C16H22ClFN2O3. The highest BCUT2D eigenvalue weighted by molar-refractivity contribution is 5.98. The standard InChI is InChI=1S/C16H21FN2O3.ClH/c1-22-15-6-4-11(9-13(15)17)14(20)5-7-16(21)19-8-2-3-12(19)10-18;/h4,6,9,12H,2-3,5,7-8,10,18H2,1H3;1H. The van der Waals surface area contributed by atoms with E-state index in [9.17, 15) is 14.0 Å². The van der Waals surface area contributed by atoms with Crippen molar-refractivity contribution in [1.82, 2.24) is 4.90 Å². The lowest BCUT2D eigenvalue weighted by molar-refractivity contribution is -0.131. The molecule has 0 aliphatic carbocycles. The fourth-order valence-electron chi connectivity index (χ4n) is 2.76. The van der Waals surface area contributed by atoms with Gasteiger partial charge in [-0.25, -0.2) is 4.39 Å². The largest absolute Gasteiger partial charge is 0.494 e. The van der Waals surface area contributed by atoms with Gasteiger partial charge in [-0.05, 0) is 31.0 Å². The Kier molecular flexibility index (Phi) is 7.45. The normalized spacial score (nSPS) is 16.8. The molecule has 0 aromatic heterocycles. The lowest BCUT2D eigenvalue weighted by atomic mass is 10.1. The molecule has 1 aliphatic rings. The van der Waals surface area contributed by atoms with E-state index in [1.165, 1.54) is 19.2 Å². The Morgan fingerprint density at radius 1 is 1.39 bits per heavy atom. The van der Waals surface area contributed by atoms with E-state index in [0.717, 1.165) is 18.9 Å². The van der Waals surface area contributed by atoms with Crippen molar-refractivity contribution in [2.24, 2.45) is 5.73 Å². The van der Waals surface area contributed by atoms with Crippen molar-refractivity contribution < 1.29 is 18.7 Å². The van der Waals surface area contributed by atoms with Gasteiger partial charge in [0.2, 0.25) is 5.91 Å². The molecule has 1 unspecified atom stereocenters. The van der Waals surface area contributed by atoms with Crippen LogP contribution in [-0.2, 0) is 4.79 Å². The minimum Gasteiger partial charge on any atom is -0.494 e. The van der Waals surface area contributed by atoms with Gasteiger partial charge in [0.05, 0.1) is 7.11 Å². The van der Waals surface area contributed by atoms with E-state index < -0.39 is 5.82 Å². The lowest BCUT2D eigenvalue weighted by Gasteiger charge is -2.23. The molecule has 23 heavy (non-hydrogen) atoms.